The highest BCUT2D eigenvalue weighted by molar-refractivity contribution is 5.04. The summed E-state index contributed by atoms with van der Waals surface area (Å²) in [7, 11) is 1.97. The van der Waals surface area contributed by atoms with Crippen molar-refractivity contribution in [2.75, 3.05) is 19.6 Å². The topological polar surface area (TPSA) is 33.1 Å². The Morgan fingerprint density at radius 2 is 2.29 bits per heavy atom. The summed E-state index contributed by atoms with van der Waals surface area (Å²) in [6.45, 7) is 10.2. The first-order valence-corrected chi connectivity index (χ1v) is 6.43. The molecule has 0 saturated carbocycles. The highest BCUT2D eigenvalue weighted by Gasteiger charge is 2.29. The van der Waals surface area contributed by atoms with E-state index in [4.69, 9.17) is 0 Å². The fourth-order valence-electron chi connectivity index (χ4n) is 2.45. The summed E-state index contributed by atoms with van der Waals surface area (Å²) < 4.78 is 1.88. The molecular formula is C13H24N4. The summed E-state index contributed by atoms with van der Waals surface area (Å²) >= 11 is 0. The summed E-state index contributed by atoms with van der Waals surface area (Å²) in [5.41, 5.74) is 1.57. The third kappa shape index (κ3) is 3.30. The van der Waals surface area contributed by atoms with E-state index in [1.54, 1.807) is 0 Å². The fourth-order valence-corrected chi connectivity index (χ4v) is 2.45. The normalized spacial score (nSPS) is 25.1. The molecule has 17 heavy (non-hydrogen) atoms. The van der Waals surface area contributed by atoms with Crippen LogP contribution in [0.2, 0.25) is 0 Å². The minimum absolute atomic E-state index is 0.238. The molecule has 1 unspecified atom stereocenters. The van der Waals surface area contributed by atoms with E-state index in [1.165, 1.54) is 5.56 Å². The Morgan fingerprint density at radius 3 is 2.94 bits per heavy atom. The van der Waals surface area contributed by atoms with Gasteiger partial charge in [-0.15, -0.1) is 0 Å². The standard InChI is InChI=1S/C13H24N4/c1-11-7-14-13(2,3)10-17(11)6-5-12-8-15-16(4)9-12/h8-9,11,14H,5-7,10H2,1-4H3. The number of hydrogen-bond acceptors (Lipinski definition) is 3. The van der Waals surface area contributed by atoms with Gasteiger partial charge in [0.2, 0.25) is 0 Å². The van der Waals surface area contributed by atoms with E-state index in [0.717, 1.165) is 26.1 Å². The summed E-state index contributed by atoms with van der Waals surface area (Å²) in [5, 5.41) is 7.80. The molecule has 1 N–H and O–H groups in total. The maximum Gasteiger partial charge on any atom is 0.0522 e. The average Bonchev–Trinajstić information content (AvgIpc) is 2.66. The average molecular weight is 236 g/mol. The zero-order chi connectivity index (χ0) is 12.5. The number of nitrogens with zero attached hydrogens (tertiary/aromatic N) is 3. The van der Waals surface area contributed by atoms with Crippen LogP contribution in [0.4, 0.5) is 0 Å². The van der Waals surface area contributed by atoms with Crippen LogP contribution in [0.5, 0.6) is 0 Å². The second-order valence-electron chi connectivity index (χ2n) is 5.86. The Bertz CT molecular complexity index is 369. The monoisotopic (exact) mass is 236 g/mol. The van der Waals surface area contributed by atoms with Gasteiger partial charge in [0, 0.05) is 44.5 Å². The predicted molar refractivity (Wildman–Crippen MR) is 70.0 cm³/mol. The van der Waals surface area contributed by atoms with Gasteiger partial charge in [0.1, 0.15) is 0 Å². The van der Waals surface area contributed by atoms with Gasteiger partial charge in [-0.2, -0.15) is 5.10 Å². The molecule has 0 radical (unpaired) electrons. The van der Waals surface area contributed by atoms with Gasteiger partial charge in [0.25, 0.3) is 0 Å². The number of aromatic nitrogens is 2. The van der Waals surface area contributed by atoms with Crippen molar-refractivity contribution >= 4 is 0 Å². The summed E-state index contributed by atoms with van der Waals surface area (Å²) in [6.07, 6.45) is 5.17. The lowest BCUT2D eigenvalue weighted by Crippen LogP contribution is -2.60. The third-order valence-electron chi connectivity index (χ3n) is 3.54. The molecule has 2 rings (SSSR count). The zero-order valence-corrected chi connectivity index (χ0v) is 11.4. The van der Waals surface area contributed by atoms with Gasteiger partial charge in [-0.3, -0.25) is 9.58 Å². The fraction of sp³-hybridized carbons (Fsp3) is 0.769. The molecule has 1 atom stereocenters. The Morgan fingerprint density at radius 1 is 1.53 bits per heavy atom. The minimum Gasteiger partial charge on any atom is -0.309 e. The van der Waals surface area contributed by atoms with E-state index in [9.17, 15) is 0 Å². The molecule has 1 aromatic heterocycles. The molecule has 1 aliphatic heterocycles. The first-order chi connectivity index (χ1) is 7.96. The molecule has 0 spiro atoms. The lowest BCUT2D eigenvalue weighted by atomic mass is 9.99. The van der Waals surface area contributed by atoms with Crippen molar-refractivity contribution in [1.82, 2.24) is 20.0 Å². The quantitative estimate of drug-likeness (QED) is 0.851. The summed E-state index contributed by atoms with van der Waals surface area (Å²) in [4.78, 5) is 2.57. The van der Waals surface area contributed by atoms with Crippen LogP contribution in [0.15, 0.2) is 12.4 Å². The van der Waals surface area contributed by atoms with Crippen LogP contribution in [0.3, 0.4) is 0 Å². The van der Waals surface area contributed by atoms with Crippen LogP contribution in [-0.2, 0) is 13.5 Å². The van der Waals surface area contributed by atoms with Gasteiger partial charge in [0.05, 0.1) is 6.20 Å². The summed E-state index contributed by atoms with van der Waals surface area (Å²) in [5.74, 6) is 0. The van der Waals surface area contributed by atoms with Gasteiger partial charge in [-0.25, -0.2) is 0 Å². The molecule has 2 heterocycles. The smallest absolute Gasteiger partial charge is 0.0522 e. The predicted octanol–water partition coefficient (Wildman–Crippen LogP) is 1.03. The van der Waals surface area contributed by atoms with E-state index in [1.807, 2.05) is 17.9 Å². The number of piperazine rings is 1. The van der Waals surface area contributed by atoms with Crippen molar-refractivity contribution in [3.05, 3.63) is 18.0 Å². The van der Waals surface area contributed by atoms with Crippen molar-refractivity contribution in [2.45, 2.75) is 38.8 Å². The van der Waals surface area contributed by atoms with Gasteiger partial charge in [-0.1, -0.05) is 0 Å². The van der Waals surface area contributed by atoms with E-state index >= 15 is 0 Å². The molecule has 1 fully saturated rings. The van der Waals surface area contributed by atoms with Crippen molar-refractivity contribution < 1.29 is 0 Å². The van der Waals surface area contributed by atoms with Gasteiger partial charge in [-0.05, 0) is 32.8 Å². The second-order valence-corrected chi connectivity index (χ2v) is 5.86. The van der Waals surface area contributed by atoms with Crippen LogP contribution < -0.4 is 5.32 Å². The van der Waals surface area contributed by atoms with E-state index in [-0.39, 0.29) is 5.54 Å². The van der Waals surface area contributed by atoms with Crippen molar-refractivity contribution in [3.63, 3.8) is 0 Å². The van der Waals surface area contributed by atoms with E-state index in [0.29, 0.717) is 6.04 Å². The Balaban J connectivity index is 1.89. The van der Waals surface area contributed by atoms with Gasteiger partial charge < -0.3 is 5.32 Å². The largest absolute Gasteiger partial charge is 0.309 e. The Kier molecular flexibility index (Phi) is 3.54. The molecule has 4 nitrogen and oxygen atoms in total. The molecule has 0 amide bonds. The first-order valence-electron chi connectivity index (χ1n) is 6.43. The van der Waals surface area contributed by atoms with Crippen LogP contribution >= 0.6 is 0 Å². The van der Waals surface area contributed by atoms with E-state index < -0.39 is 0 Å². The van der Waals surface area contributed by atoms with Crippen molar-refractivity contribution in [2.24, 2.45) is 7.05 Å². The lowest BCUT2D eigenvalue weighted by Gasteiger charge is -2.43. The maximum atomic E-state index is 4.21. The molecule has 96 valence electrons. The molecule has 1 aliphatic rings. The number of rotatable bonds is 3. The van der Waals surface area contributed by atoms with Crippen LogP contribution in [0, 0.1) is 0 Å². The minimum atomic E-state index is 0.238. The lowest BCUT2D eigenvalue weighted by molar-refractivity contribution is 0.106. The molecule has 1 saturated heterocycles. The zero-order valence-electron chi connectivity index (χ0n) is 11.4. The highest BCUT2D eigenvalue weighted by atomic mass is 15.3. The molecule has 1 aromatic rings. The van der Waals surface area contributed by atoms with Crippen LogP contribution in [0.25, 0.3) is 0 Å². The number of nitrogens with one attached hydrogen (secondary N) is 1. The molecule has 4 heteroatoms. The van der Waals surface area contributed by atoms with Crippen LogP contribution in [-0.4, -0.2) is 45.9 Å². The van der Waals surface area contributed by atoms with Gasteiger partial charge >= 0.3 is 0 Å². The second kappa shape index (κ2) is 4.78. The molecule has 0 aliphatic carbocycles. The van der Waals surface area contributed by atoms with E-state index in [2.05, 4.69) is 42.3 Å². The van der Waals surface area contributed by atoms with Crippen molar-refractivity contribution in [3.8, 4) is 0 Å². The molecule has 0 aromatic carbocycles. The maximum absolute atomic E-state index is 4.21. The SMILES string of the molecule is CC1CNC(C)(C)CN1CCc1cnn(C)c1. The van der Waals surface area contributed by atoms with Gasteiger partial charge in [0.15, 0.2) is 0 Å². The Labute approximate surface area is 104 Å². The molecular weight excluding hydrogens is 212 g/mol. The third-order valence-corrected chi connectivity index (χ3v) is 3.54. The number of aryl methyl sites for hydroxylation is 1. The number of hydrogen-bond donors (Lipinski definition) is 1. The summed E-state index contributed by atoms with van der Waals surface area (Å²) in [6, 6.07) is 0.625. The van der Waals surface area contributed by atoms with Crippen LogP contribution in [0.1, 0.15) is 26.3 Å². The van der Waals surface area contributed by atoms with Crippen molar-refractivity contribution in [1.29, 1.82) is 0 Å². The Hall–Kier alpha value is -0.870. The highest BCUT2D eigenvalue weighted by Crippen LogP contribution is 2.15. The molecule has 0 bridgehead atoms. The first kappa shape index (κ1) is 12.6.